The van der Waals surface area contributed by atoms with Crippen LogP contribution in [0, 0.1) is 0 Å². The van der Waals surface area contributed by atoms with Crippen LogP contribution in [0.1, 0.15) is 23.0 Å². The molecule has 0 unspecified atom stereocenters. The summed E-state index contributed by atoms with van der Waals surface area (Å²) < 4.78 is 9.99. The van der Waals surface area contributed by atoms with E-state index in [1.54, 1.807) is 24.3 Å². The van der Waals surface area contributed by atoms with E-state index in [1.165, 1.54) is 12.3 Å². The Morgan fingerprint density at radius 2 is 1.96 bits per heavy atom. The van der Waals surface area contributed by atoms with Gasteiger partial charge in [-0.3, -0.25) is 10.2 Å². The molecule has 0 saturated heterocycles. The quantitative estimate of drug-likeness (QED) is 0.232. The summed E-state index contributed by atoms with van der Waals surface area (Å²) >= 11 is 1.13. The van der Waals surface area contributed by atoms with Crippen LogP contribution in [-0.2, 0) is 16.0 Å². The third kappa shape index (κ3) is 5.86. The number of hydrogen-bond donors (Lipinski definition) is 3. The van der Waals surface area contributed by atoms with E-state index in [4.69, 9.17) is 15.3 Å². The Balaban J connectivity index is 1.87. The summed E-state index contributed by atoms with van der Waals surface area (Å²) in [5.74, 6) is 4.36. The summed E-state index contributed by atoms with van der Waals surface area (Å²) in [5.41, 5.74) is 2.87. The predicted octanol–water partition coefficient (Wildman–Crippen LogP) is 1.46. The van der Waals surface area contributed by atoms with Gasteiger partial charge in [-0.05, 0) is 17.7 Å². The van der Waals surface area contributed by atoms with Crippen molar-refractivity contribution in [2.24, 2.45) is 5.84 Å². The van der Waals surface area contributed by atoms with Gasteiger partial charge in [0.25, 0.3) is 0 Å². The van der Waals surface area contributed by atoms with Crippen molar-refractivity contribution in [1.82, 2.24) is 10.4 Å². The summed E-state index contributed by atoms with van der Waals surface area (Å²) in [6.45, 7) is 1.53. The molecule has 10 heteroatoms. The van der Waals surface area contributed by atoms with Gasteiger partial charge in [0, 0.05) is 18.7 Å². The Morgan fingerprint density at radius 3 is 2.60 bits per heavy atom. The molecule has 4 N–H and O–H groups in total. The average Bonchev–Trinajstić information content (AvgIpc) is 3.04. The van der Waals surface area contributed by atoms with E-state index >= 15 is 0 Å². The van der Waals surface area contributed by atoms with E-state index in [0.717, 1.165) is 16.9 Å². The molecule has 25 heavy (non-hydrogen) atoms. The second kappa shape index (κ2) is 8.76. The third-order valence-corrected chi connectivity index (χ3v) is 3.63. The number of benzene rings is 1. The van der Waals surface area contributed by atoms with Crippen LogP contribution in [0.5, 0.6) is 5.75 Å². The first-order valence-corrected chi connectivity index (χ1v) is 8.03. The predicted molar refractivity (Wildman–Crippen MR) is 90.2 cm³/mol. The molecule has 2 aromatic rings. The monoisotopic (exact) mass is 364 g/mol. The van der Waals surface area contributed by atoms with Gasteiger partial charge in [-0.2, -0.15) is 0 Å². The van der Waals surface area contributed by atoms with Gasteiger partial charge in [0.1, 0.15) is 5.75 Å². The maximum Gasteiger partial charge on any atom is 0.421 e. The van der Waals surface area contributed by atoms with E-state index in [1.807, 2.05) is 5.43 Å². The first-order chi connectivity index (χ1) is 12.0. The lowest BCUT2D eigenvalue weighted by molar-refractivity contribution is -0.114. The number of anilines is 1. The number of nitrogens with zero attached hydrogens (tertiary/aromatic N) is 1. The Kier molecular flexibility index (Phi) is 6.43. The molecule has 2 rings (SSSR count). The van der Waals surface area contributed by atoms with Gasteiger partial charge in [0.15, 0.2) is 10.8 Å². The standard InChI is InChI=1S/C15H16N4O5S/c1-9(20)17-14-18-12(8-25-14)13(21)24-11-4-2-10(3-5-11)6-7-23-15(22)19-16/h2-5,8H,6-7,16H2,1H3,(H,19,22)(H,17,18,20). The molecule has 1 aromatic carbocycles. The zero-order valence-corrected chi connectivity index (χ0v) is 14.1. The normalized spacial score (nSPS) is 10.0. The number of nitrogens with one attached hydrogen (secondary N) is 2. The molecule has 0 fully saturated rings. The van der Waals surface area contributed by atoms with Crippen LogP contribution in [0.2, 0.25) is 0 Å². The highest BCUT2D eigenvalue weighted by molar-refractivity contribution is 7.14. The Morgan fingerprint density at radius 1 is 1.24 bits per heavy atom. The number of esters is 1. The first-order valence-electron chi connectivity index (χ1n) is 7.15. The Hall–Kier alpha value is -2.98. The van der Waals surface area contributed by atoms with Gasteiger partial charge >= 0.3 is 12.1 Å². The summed E-state index contributed by atoms with van der Waals surface area (Å²) in [4.78, 5) is 37.8. The lowest BCUT2D eigenvalue weighted by Gasteiger charge is -2.06. The maximum absolute atomic E-state index is 12.0. The van der Waals surface area contributed by atoms with Crippen LogP contribution in [-0.4, -0.2) is 29.6 Å². The van der Waals surface area contributed by atoms with Gasteiger partial charge in [-0.1, -0.05) is 12.1 Å². The molecule has 0 spiro atoms. The number of thiazole rings is 1. The van der Waals surface area contributed by atoms with Crippen LogP contribution in [0.15, 0.2) is 29.6 Å². The van der Waals surface area contributed by atoms with Crippen LogP contribution in [0.25, 0.3) is 0 Å². The Bertz CT molecular complexity index is 760. The second-order valence-electron chi connectivity index (χ2n) is 4.78. The number of hydrazine groups is 1. The van der Waals surface area contributed by atoms with Crippen molar-refractivity contribution in [3.63, 3.8) is 0 Å². The minimum atomic E-state index is -0.701. The van der Waals surface area contributed by atoms with E-state index < -0.39 is 12.1 Å². The zero-order chi connectivity index (χ0) is 18.2. The smallest absolute Gasteiger partial charge is 0.421 e. The van der Waals surface area contributed by atoms with Gasteiger partial charge in [0.2, 0.25) is 5.91 Å². The largest absolute Gasteiger partial charge is 0.448 e. The van der Waals surface area contributed by atoms with Gasteiger partial charge in [-0.15, -0.1) is 11.3 Å². The molecule has 0 atom stereocenters. The third-order valence-electron chi connectivity index (χ3n) is 2.87. The van der Waals surface area contributed by atoms with E-state index in [9.17, 15) is 14.4 Å². The highest BCUT2D eigenvalue weighted by atomic mass is 32.1. The number of carbonyl (C=O) groups is 3. The van der Waals surface area contributed by atoms with Crippen molar-refractivity contribution >= 4 is 34.4 Å². The van der Waals surface area contributed by atoms with Gasteiger partial charge in [0.05, 0.1) is 6.61 Å². The molecule has 132 valence electrons. The zero-order valence-electron chi connectivity index (χ0n) is 13.3. The van der Waals surface area contributed by atoms with Crippen LogP contribution < -0.4 is 21.3 Å². The summed E-state index contributed by atoms with van der Waals surface area (Å²) in [6, 6.07) is 6.74. The molecule has 0 saturated carbocycles. The molecule has 0 aliphatic rings. The van der Waals surface area contributed by atoms with E-state index in [0.29, 0.717) is 17.3 Å². The van der Waals surface area contributed by atoms with Crippen molar-refractivity contribution in [3.8, 4) is 5.75 Å². The van der Waals surface area contributed by atoms with Crippen molar-refractivity contribution in [3.05, 3.63) is 40.9 Å². The molecular formula is C15H16N4O5S. The fourth-order valence-corrected chi connectivity index (χ4v) is 2.49. The highest BCUT2D eigenvalue weighted by Crippen LogP contribution is 2.18. The van der Waals surface area contributed by atoms with Crippen molar-refractivity contribution in [2.45, 2.75) is 13.3 Å². The molecule has 0 aliphatic carbocycles. The fourth-order valence-electron chi connectivity index (χ4n) is 1.76. The number of rotatable bonds is 6. The lowest BCUT2D eigenvalue weighted by atomic mass is 10.1. The van der Waals surface area contributed by atoms with Crippen molar-refractivity contribution in [2.75, 3.05) is 11.9 Å². The number of aromatic nitrogens is 1. The maximum atomic E-state index is 12.0. The minimum Gasteiger partial charge on any atom is -0.448 e. The Labute approximate surface area is 147 Å². The second-order valence-corrected chi connectivity index (χ2v) is 5.64. The van der Waals surface area contributed by atoms with Gasteiger partial charge in [-0.25, -0.2) is 20.4 Å². The minimum absolute atomic E-state index is 0.110. The summed E-state index contributed by atoms with van der Waals surface area (Å²) in [5, 5.41) is 4.33. The number of amides is 2. The highest BCUT2D eigenvalue weighted by Gasteiger charge is 2.14. The molecule has 2 amide bonds. The number of nitrogens with two attached hydrogens (primary N) is 1. The molecule has 0 aliphatic heterocycles. The van der Waals surface area contributed by atoms with E-state index in [2.05, 4.69) is 10.3 Å². The lowest BCUT2D eigenvalue weighted by Crippen LogP contribution is -2.31. The van der Waals surface area contributed by atoms with Crippen LogP contribution in [0.3, 0.4) is 0 Å². The molecule has 0 radical (unpaired) electrons. The summed E-state index contributed by atoms with van der Waals surface area (Å²) in [7, 11) is 0. The average molecular weight is 364 g/mol. The van der Waals surface area contributed by atoms with Crippen molar-refractivity contribution in [1.29, 1.82) is 0 Å². The number of carbonyl (C=O) groups excluding carboxylic acids is 3. The molecular weight excluding hydrogens is 348 g/mol. The van der Waals surface area contributed by atoms with Gasteiger partial charge < -0.3 is 14.8 Å². The van der Waals surface area contributed by atoms with E-state index in [-0.39, 0.29) is 18.2 Å². The first kappa shape index (κ1) is 18.4. The SMILES string of the molecule is CC(=O)Nc1nc(C(=O)Oc2ccc(CCOC(=O)NN)cc2)cs1. The molecule has 0 bridgehead atoms. The molecule has 9 nitrogen and oxygen atoms in total. The van der Waals surface area contributed by atoms with Crippen molar-refractivity contribution < 1.29 is 23.9 Å². The van der Waals surface area contributed by atoms with Crippen LogP contribution in [0.4, 0.5) is 9.93 Å². The molecule has 1 aromatic heterocycles. The number of ether oxygens (including phenoxy) is 2. The summed E-state index contributed by atoms with van der Waals surface area (Å²) in [6.07, 6.45) is -0.208. The topological polar surface area (TPSA) is 133 Å². The number of hydrogen-bond acceptors (Lipinski definition) is 8. The van der Waals surface area contributed by atoms with Crippen LogP contribution >= 0.6 is 11.3 Å². The fraction of sp³-hybridized carbons (Fsp3) is 0.200. The molecule has 1 heterocycles.